The van der Waals surface area contributed by atoms with Gasteiger partial charge in [0.15, 0.2) is 0 Å². The summed E-state index contributed by atoms with van der Waals surface area (Å²) in [5.74, 6) is 2.19. The van der Waals surface area contributed by atoms with Gasteiger partial charge in [-0.25, -0.2) is 13.6 Å². The van der Waals surface area contributed by atoms with Crippen LogP contribution in [0.4, 0.5) is 11.4 Å². The second kappa shape index (κ2) is 7.02. The molecule has 0 aromatic heterocycles. The van der Waals surface area contributed by atoms with Crippen molar-refractivity contribution in [2.75, 3.05) is 22.6 Å². The Hall–Kier alpha value is -0.920. The molecular formula is C12H21N3O2S2. The number of hydrogen-bond acceptors (Lipinski definition) is 5. The Labute approximate surface area is 119 Å². The molecule has 0 radical (unpaired) electrons. The lowest BCUT2D eigenvalue weighted by Gasteiger charge is -2.17. The van der Waals surface area contributed by atoms with E-state index in [1.54, 1.807) is 6.07 Å². The first-order valence-electron chi connectivity index (χ1n) is 6.11. The fraction of sp³-hybridized carbons (Fsp3) is 0.500. The van der Waals surface area contributed by atoms with Crippen LogP contribution < -0.4 is 16.2 Å². The van der Waals surface area contributed by atoms with Crippen molar-refractivity contribution in [1.29, 1.82) is 0 Å². The number of primary sulfonamides is 1. The maximum atomic E-state index is 11.2. The van der Waals surface area contributed by atoms with E-state index in [4.69, 9.17) is 10.9 Å². The maximum Gasteiger partial charge on any atom is 0.238 e. The van der Waals surface area contributed by atoms with Gasteiger partial charge in [-0.1, -0.05) is 6.92 Å². The fourth-order valence-corrected chi connectivity index (χ4v) is 2.95. The summed E-state index contributed by atoms with van der Waals surface area (Å²) >= 11 is 1.89. The minimum absolute atomic E-state index is 0.0322. The average molecular weight is 303 g/mol. The van der Waals surface area contributed by atoms with E-state index in [-0.39, 0.29) is 10.9 Å². The quantitative estimate of drug-likeness (QED) is 0.527. The summed E-state index contributed by atoms with van der Waals surface area (Å²) in [7, 11) is -3.70. The summed E-state index contributed by atoms with van der Waals surface area (Å²) in [6.45, 7) is 4.20. The SMILES string of the molecule is CCSCCC(C)Nc1ccc(S(N)(=O)=O)cc1N. The third-order valence-electron chi connectivity index (χ3n) is 2.65. The number of anilines is 2. The summed E-state index contributed by atoms with van der Waals surface area (Å²) in [4.78, 5) is 0.0322. The van der Waals surface area contributed by atoms with E-state index in [2.05, 4.69) is 19.2 Å². The van der Waals surface area contributed by atoms with Gasteiger partial charge in [0, 0.05) is 6.04 Å². The molecule has 1 aromatic carbocycles. The van der Waals surface area contributed by atoms with Gasteiger partial charge in [-0.05, 0) is 43.0 Å². The molecule has 5 nitrogen and oxygen atoms in total. The lowest BCUT2D eigenvalue weighted by Crippen LogP contribution is -2.18. The van der Waals surface area contributed by atoms with Crippen LogP contribution in [0.25, 0.3) is 0 Å². The van der Waals surface area contributed by atoms with Crippen LogP contribution in [-0.4, -0.2) is 26.0 Å². The molecule has 0 aliphatic rings. The van der Waals surface area contributed by atoms with Gasteiger partial charge < -0.3 is 11.1 Å². The standard InChI is InChI=1S/C12H21N3O2S2/c1-3-18-7-6-9(2)15-12-5-4-10(8-11(12)13)19(14,16)17/h4-5,8-9,15H,3,6-7,13H2,1-2H3,(H2,14,16,17). The molecule has 0 amide bonds. The summed E-state index contributed by atoms with van der Waals surface area (Å²) in [6, 6.07) is 4.77. The van der Waals surface area contributed by atoms with E-state index in [0.29, 0.717) is 5.69 Å². The van der Waals surface area contributed by atoms with Crippen LogP contribution in [0.15, 0.2) is 23.1 Å². The third kappa shape index (κ3) is 5.30. The molecule has 5 N–H and O–H groups in total. The van der Waals surface area contributed by atoms with Gasteiger partial charge in [0.1, 0.15) is 0 Å². The number of rotatable bonds is 7. The van der Waals surface area contributed by atoms with E-state index in [1.165, 1.54) is 12.1 Å². The van der Waals surface area contributed by atoms with Crippen LogP contribution in [-0.2, 0) is 10.0 Å². The highest BCUT2D eigenvalue weighted by molar-refractivity contribution is 7.99. The Bertz CT molecular complexity index is 518. The highest BCUT2D eigenvalue weighted by Gasteiger charge is 2.11. The highest BCUT2D eigenvalue weighted by atomic mass is 32.2. The Morgan fingerprint density at radius 2 is 2.11 bits per heavy atom. The molecule has 7 heteroatoms. The monoisotopic (exact) mass is 303 g/mol. The fourth-order valence-electron chi connectivity index (χ4n) is 1.59. The van der Waals surface area contributed by atoms with Crippen molar-refractivity contribution in [2.24, 2.45) is 5.14 Å². The zero-order chi connectivity index (χ0) is 14.5. The van der Waals surface area contributed by atoms with E-state index < -0.39 is 10.0 Å². The maximum absolute atomic E-state index is 11.2. The first-order valence-corrected chi connectivity index (χ1v) is 8.81. The number of nitrogen functional groups attached to an aromatic ring is 1. The number of thioether (sulfide) groups is 1. The average Bonchev–Trinajstić information content (AvgIpc) is 2.31. The van der Waals surface area contributed by atoms with Gasteiger partial charge in [-0.2, -0.15) is 11.8 Å². The molecule has 1 aromatic rings. The van der Waals surface area contributed by atoms with Gasteiger partial charge in [-0.3, -0.25) is 0 Å². The Morgan fingerprint density at radius 3 is 2.63 bits per heavy atom. The molecule has 19 heavy (non-hydrogen) atoms. The number of benzene rings is 1. The van der Waals surface area contributed by atoms with Crippen molar-refractivity contribution < 1.29 is 8.42 Å². The predicted molar refractivity (Wildman–Crippen MR) is 82.9 cm³/mol. The van der Waals surface area contributed by atoms with Crippen LogP contribution in [0.3, 0.4) is 0 Å². The van der Waals surface area contributed by atoms with E-state index in [1.807, 2.05) is 11.8 Å². The molecule has 0 aliphatic carbocycles. The zero-order valence-corrected chi connectivity index (χ0v) is 12.9. The second-order valence-electron chi connectivity index (χ2n) is 4.33. The van der Waals surface area contributed by atoms with E-state index >= 15 is 0 Å². The molecule has 1 atom stereocenters. The zero-order valence-electron chi connectivity index (χ0n) is 11.2. The summed E-state index contributed by atoms with van der Waals surface area (Å²) in [6.07, 6.45) is 1.02. The summed E-state index contributed by atoms with van der Waals surface area (Å²) in [5, 5.41) is 8.33. The van der Waals surface area contributed by atoms with E-state index in [0.717, 1.165) is 23.6 Å². The van der Waals surface area contributed by atoms with Crippen molar-refractivity contribution in [1.82, 2.24) is 0 Å². The normalized spacial score (nSPS) is 13.2. The number of nitrogens with two attached hydrogens (primary N) is 2. The Balaban J connectivity index is 2.70. The lowest BCUT2D eigenvalue weighted by atomic mass is 10.2. The summed E-state index contributed by atoms with van der Waals surface area (Å²) in [5.41, 5.74) is 6.96. The minimum Gasteiger partial charge on any atom is -0.397 e. The first kappa shape index (κ1) is 16.1. The second-order valence-corrected chi connectivity index (χ2v) is 7.28. The van der Waals surface area contributed by atoms with Crippen LogP contribution in [0.2, 0.25) is 0 Å². The summed E-state index contributed by atoms with van der Waals surface area (Å²) < 4.78 is 22.4. The minimum atomic E-state index is -3.70. The molecule has 0 fully saturated rings. The smallest absolute Gasteiger partial charge is 0.238 e. The molecule has 1 unspecified atom stereocenters. The molecule has 0 spiro atoms. The van der Waals surface area contributed by atoms with Gasteiger partial charge >= 0.3 is 0 Å². The molecule has 108 valence electrons. The predicted octanol–water partition coefficient (Wildman–Crippen LogP) is 1.86. The van der Waals surface area contributed by atoms with Crippen molar-refractivity contribution in [2.45, 2.75) is 31.2 Å². The van der Waals surface area contributed by atoms with Crippen LogP contribution in [0.5, 0.6) is 0 Å². The van der Waals surface area contributed by atoms with Crippen LogP contribution >= 0.6 is 11.8 Å². The molecule has 0 bridgehead atoms. The van der Waals surface area contributed by atoms with Crippen molar-refractivity contribution in [3.63, 3.8) is 0 Å². The molecule has 0 saturated carbocycles. The lowest BCUT2D eigenvalue weighted by molar-refractivity contribution is 0.598. The van der Waals surface area contributed by atoms with E-state index in [9.17, 15) is 8.42 Å². The Kier molecular flexibility index (Phi) is 5.96. The van der Waals surface area contributed by atoms with Crippen molar-refractivity contribution >= 4 is 33.2 Å². The number of nitrogens with one attached hydrogen (secondary N) is 1. The van der Waals surface area contributed by atoms with Crippen molar-refractivity contribution in [3.8, 4) is 0 Å². The van der Waals surface area contributed by atoms with Crippen molar-refractivity contribution in [3.05, 3.63) is 18.2 Å². The van der Waals surface area contributed by atoms with Gasteiger partial charge in [-0.15, -0.1) is 0 Å². The molecule has 0 aliphatic heterocycles. The van der Waals surface area contributed by atoms with Crippen LogP contribution in [0, 0.1) is 0 Å². The van der Waals surface area contributed by atoms with Gasteiger partial charge in [0.05, 0.1) is 16.3 Å². The third-order valence-corrected chi connectivity index (χ3v) is 4.50. The topological polar surface area (TPSA) is 98.2 Å². The van der Waals surface area contributed by atoms with Crippen LogP contribution in [0.1, 0.15) is 20.3 Å². The largest absolute Gasteiger partial charge is 0.397 e. The molecule has 0 saturated heterocycles. The first-order chi connectivity index (χ1) is 8.84. The number of hydrogen-bond donors (Lipinski definition) is 3. The molecule has 1 rings (SSSR count). The van der Waals surface area contributed by atoms with Gasteiger partial charge in [0.2, 0.25) is 10.0 Å². The number of sulfonamides is 1. The van der Waals surface area contributed by atoms with Gasteiger partial charge in [0.25, 0.3) is 0 Å². The molecular weight excluding hydrogens is 282 g/mol. The molecule has 0 heterocycles. The highest BCUT2D eigenvalue weighted by Crippen LogP contribution is 2.23. The Morgan fingerprint density at radius 1 is 1.42 bits per heavy atom.